The van der Waals surface area contributed by atoms with Crippen molar-refractivity contribution in [3.8, 4) is 6.07 Å². The van der Waals surface area contributed by atoms with Crippen LogP contribution in [0.4, 0.5) is 11.5 Å². The second kappa shape index (κ2) is 11.0. The standard InChI is InChI=1S/C28H28ClN7O4S/c1-35(2)41(39,40)21-8-6-20(7-9-21)32-25-23-24(33-34-25)22(17-31-26(23)37)28(10-13-30)11-14-36(15-12-28)27(38)18-4-3-5-19(29)16-18/h3-9,16-17H,10-12,14-15H2,1-2H3,(H,31,37)(H2,32,33,34). The minimum Gasteiger partial charge on any atom is -0.339 e. The van der Waals surface area contributed by atoms with Crippen LogP contribution in [0.25, 0.3) is 10.9 Å². The Bertz CT molecular complexity index is 1820. The molecule has 1 aliphatic rings. The van der Waals surface area contributed by atoms with E-state index in [0.717, 1.165) is 9.87 Å². The molecule has 0 saturated carbocycles. The molecule has 4 aromatic rings. The lowest BCUT2D eigenvalue weighted by molar-refractivity contribution is 0.0668. The molecule has 0 spiro atoms. The largest absolute Gasteiger partial charge is 0.339 e. The van der Waals surface area contributed by atoms with Gasteiger partial charge in [-0.1, -0.05) is 17.7 Å². The van der Waals surface area contributed by atoms with Gasteiger partial charge >= 0.3 is 0 Å². The minimum absolute atomic E-state index is 0.123. The normalized spacial score (nSPS) is 15.1. The Morgan fingerprint density at radius 2 is 1.90 bits per heavy atom. The fraction of sp³-hybridized carbons (Fsp3) is 0.286. The van der Waals surface area contributed by atoms with E-state index in [9.17, 15) is 23.3 Å². The summed E-state index contributed by atoms with van der Waals surface area (Å²) in [5, 5.41) is 21.0. The van der Waals surface area contributed by atoms with E-state index < -0.39 is 15.4 Å². The van der Waals surface area contributed by atoms with Crippen LogP contribution in [0.15, 0.2) is 64.4 Å². The fourth-order valence-electron chi connectivity index (χ4n) is 5.24. The molecule has 2 aromatic carbocycles. The molecule has 0 unspecified atom stereocenters. The summed E-state index contributed by atoms with van der Waals surface area (Å²) in [7, 11) is -0.663. The summed E-state index contributed by atoms with van der Waals surface area (Å²) < 4.78 is 25.9. The van der Waals surface area contributed by atoms with Crippen LogP contribution >= 0.6 is 11.6 Å². The Morgan fingerprint density at radius 3 is 2.54 bits per heavy atom. The Hall–Kier alpha value is -4.18. The van der Waals surface area contributed by atoms with Crippen molar-refractivity contribution in [1.82, 2.24) is 24.4 Å². The number of pyridine rings is 1. The number of halogens is 1. The van der Waals surface area contributed by atoms with E-state index in [2.05, 4.69) is 26.6 Å². The third-order valence-electron chi connectivity index (χ3n) is 7.57. The van der Waals surface area contributed by atoms with E-state index in [-0.39, 0.29) is 28.6 Å². The Labute approximate surface area is 241 Å². The number of fused-ring (bicyclic) bond motifs is 1. The van der Waals surface area contributed by atoms with Gasteiger partial charge in [-0.3, -0.25) is 14.7 Å². The zero-order valence-corrected chi connectivity index (χ0v) is 24.0. The summed E-state index contributed by atoms with van der Waals surface area (Å²) >= 11 is 6.08. The Balaban J connectivity index is 1.43. The third kappa shape index (κ3) is 5.31. The summed E-state index contributed by atoms with van der Waals surface area (Å²) in [6.45, 7) is 0.851. The number of hydrogen-bond acceptors (Lipinski definition) is 7. The number of carbonyl (C=O) groups excluding carboxylic acids is 1. The first-order valence-corrected chi connectivity index (χ1v) is 14.7. The number of aromatic amines is 2. The molecular weight excluding hydrogens is 566 g/mol. The van der Waals surface area contributed by atoms with Gasteiger partial charge < -0.3 is 15.2 Å². The van der Waals surface area contributed by atoms with E-state index in [4.69, 9.17) is 11.6 Å². The summed E-state index contributed by atoms with van der Waals surface area (Å²) in [6, 6.07) is 15.3. The molecule has 41 heavy (non-hydrogen) atoms. The summed E-state index contributed by atoms with van der Waals surface area (Å²) in [6.07, 6.45) is 2.84. The first kappa shape index (κ1) is 28.4. The number of anilines is 2. The topological polar surface area (TPSA) is 155 Å². The quantitative estimate of drug-likeness (QED) is 0.293. The SMILES string of the molecule is CN(C)S(=O)(=O)c1ccc(Nc2n[nH]c3c(C4(CC#N)CCN(C(=O)c5cccc(Cl)c5)CC4)c[nH]c(=O)c23)cc1. The number of amides is 1. The molecule has 5 rings (SSSR count). The Morgan fingerprint density at radius 1 is 1.20 bits per heavy atom. The lowest BCUT2D eigenvalue weighted by Crippen LogP contribution is -2.45. The molecule has 3 N–H and O–H groups in total. The number of aromatic nitrogens is 3. The number of likely N-dealkylation sites (tertiary alicyclic amines) is 1. The van der Waals surface area contributed by atoms with Crippen LogP contribution in [0.3, 0.4) is 0 Å². The zero-order chi connectivity index (χ0) is 29.4. The van der Waals surface area contributed by atoms with Crippen LogP contribution in [0.5, 0.6) is 0 Å². The van der Waals surface area contributed by atoms with Gasteiger partial charge in [-0.2, -0.15) is 10.4 Å². The maximum Gasteiger partial charge on any atom is 0.261 e. The molecule has 0 aliphatic carbocycles. The van der Waals surface area contributed by atoms with Crippen molar-refractivity contribution in [3.63, 3.8) is 0 Å². The van der Waals surface area contributed by atoms with Crippen molar-refractivity contribution in [2.45, 2.75) is 29.6 Å². The predicted molar refractivity (Wildman–Crippen MR) is 156 cm³/mol. The van der Waals surface area contributed by atoms with Gasteiger partial charge in [-0.15, -0.1) is 0 Å². The maximum atomic E-state index is 13.1. The van der Waals surface area contributed by atoms with Crippen molar-refractivity contribution in [3.05, 3.63) is 81.2 Å². The third-order valence-corrected chi connectivity index (χ3v) is 9.64. The van der Waals surface area contributed by atoms with Crippen LogP contribution in [0, 0.1) is 11.3 Å². The van der Waals surface area contributed by atoms with Gasteiger partial charge in [-0.25, -0.2) is 12.7 Å². The molecule has 0 radical (unpaired) electrons. The first-order valence-electron chi connectivity index (χ1n) is 12.9. The van der Waals surface area contributed by atoms with Crippen LogP contribution in [0.2, 0.25) is 5.02 Å². The van der Waals surface area contributed by atoms with E-state index in [1.807, 2.05) is 0 Å². The molecule has 0 bridgehead atoms. The number of carbonyl (C=O) groups is 1. The molecule has 212 valence electrons. The van der Waals surface area contributed by atoms with E-state index in [0.29, 0.717) is 53.1 Å². The van der Waals surface area contributed by atoms with Crippen molar-refractivity contribution in [2.24, 2.45) is 0 Å². The summed E-state index contributed by atoms with van der Waals surface area (Å²) in [5.74, 6) is 0.147. The summed E-state index contributed by atoms with van der Waals surface area (Å²) in [5.41, 5.74) is 1.32. The number of nitriles is 1. The fourth-order valence-corrected chi connectivity index (χ4v) is 6.33. The number of nitrogens with one attached hydrogen (secondary N) is 3. The molecule has 0 atom stereocenters. The highest BCUT2D eigenvalue weighted by Gasteiger charge is 2.40. The van der Waals surface area contributed by atoms with Crippen molar-refractivity contribution in [1.29, 1.82) is 5.26 Å². The van der Waals surface area contributed by atoms with Crippen LogP contribution in [-0.2, 0) is 15.4 Å². The molecular formula is C28H28ClN7O4S. The number of rotatable bonds is 7. The van der Waals surface area contributed by atoms with Gasteiger partial charge in [-0.05, 0) is 55.3 Å². The highest BCUT2D eigenvalue weighted by Crippen LogP contribution is 2.41. The van der Waals surface area contributed by atoms with Gasteiger partial charge in [0.05, 0.1) is 16.5 Å². The average Bonchev–Trinajstić information content (AvgIpc) is 3.38. The molecule has 1 aliphatic heterocycles. The number of piperidine rings is 1. The lowest BCUT2D eigenvalue weighted by Gasteiger charge is -2.41. The van der Waals surface area contributed by atoms with Gasteiger partial charge in [0.1, 0.15) is 5.39 Å². The number of benzene rings is 2. The monoisotopic (exact) mass is 593 g/mol. The lowest BCUT2D eigenvalue weighted by atomic mass is 9.70. The molecule has 1 saturated heterocycles. The maximum absolute atomic E-state index is 13.1. The van der Waals surface area contributed by atoms with Crippen LogP contribution < -0.4 is 10.9 Å². The number of sulfonamides is 1. The number of hydrogen-bond donors (Lipinski definition) is 3. The van der Waals surface area contributed by atoms with Gasteiger partial charge in [0, 0.05) is 67.1 Å². The highest BCUT2D eigenvalue weighted by molar-refractivity contribution is 7.89. The van der Waals surface area contributed by atoms with Gasteiger partial charge in [0.15, 0.2) is 5.82 Å². The zero-order valence-electron chi connectivity index (χ0n) is 22.4. The van der Waals surface area contributed by atoms with Crippen LogP contribution in [-0.4, -0.2) is 65.9 Å². The van der Waals surface area contributed by atoms with E-state index in [1.54, 1.807) is 47.5 Å². The van der Waals surface area contributed by atoms with Crippen molar-refractivity contribution < 1.29 is 13.2 Å². The summed E-state index contributed by atoms with van der Waals surface area (Å²) in [4.78, 5) is 30.8. The van der Waals surface area contributed by atoms with E-state index >= 15 is 0 Å². The van der Waals surface area contributed by atoms with E-state index in [1.165, 1.54) is 26.2 Å². The molecule has 13 heteroatoms. The molecule has 1 fully saturated rings. The Kier molecular flexibility index (Phi) is 7.61. The van der Waals surface area contributed by atoms with Crippen LogP contribution in [0.1, 0.15) is 35.2 Å². The number of nitrogens with zero attached hydrogens (tertiary/aromatic N) is 4. The second-order valence-electron chi connectivity index (χ2n) is 10.2. The van der Waals surface area contributed by atoms with Crippen molar-refractivity contribution >= 4 is 49.9 Å². The predicted octanol–water partition coefficient (Wildman–Crippen LogP) is 3.99. The van der Waals surface area contributed by atoms with Gasteiger partial charge in [0.25, 0.3) is 11.5 Å². The second-order valence-corrected chi connectivity index (χ2v) is 12.8. The minimum atomic E-state index is -3.58. The average molecular weight is 594 g/mol. The van der Waals surface area contributed by atoms with Crippen molar-refractivity contribution in [2.75, 3.05) is 32.5 Å². The number of H-pyrrole nitrogens is 2. The van der Waals surface area contributed by atoms with Gasteiger partial charge in [0.2, 0.25) is 10.0 Å². The molecule has 2 aromatic heterocycles. The molecule has 1 amide bonds. The molecule has 3 heterocycles. The highest BCUT2D eigenvalue weighted by atomic mass is 35.5. The first-order chi connectivity index (χ1) is 19.6. The molecule has 11 nitrogen and oxygen atoms in total. The smallest absolute Gasteiger partial charge is 0.261 e.